The average Bonchev–Trinajstić information content (AvgIpc) is 2.90. The molecule has 0 unspecified atom stereocenters. The Morgan fingerprint density at radius 1 is 1.04 bits per heavy atom. The van der Waals surface area contributed by atoms with Crippen molar-refractivity contribution in [3.05, 3.63) is 59.9 Å². The topological polar surface area (TPSA) is 88.8 Å². The Morgan fingerprint density at radius 3 is 2.33 bits per heavy atom. The number of imidazole rings is 1. The summed E-state index contributed by atoms with van der Waals surface area (Å²) in [5.74, 6) is -4.78. The van der Waals surface area contributed by atoms with Crippen molar-refractivity contribution in [2.45, 2.75) is 22.7 Å². The summed E-state index contributed by atoms with van der Waals surface area (Å²) in [4.78, 5) is 7.09. The van der Waals surface area contributed by atoms with E-state index in [1.54, 1.807) is 24.3 Å². The lowest BCUT2D eigenvalue weighted by molar-refractivity contribution is 0.104. The molecular weight excluding hydrogens is 336 g/mol. The van der Waals surface area contributed by atoms with Crippen LogP contribution in [0.4, 0.5) is 8.78 Å². The molecule has 5 nitrogen and oxygen atoms in total. The smallest absolute Gasteiger partial charge is 0.266 e. The van der Waals surface area contributed by atoms with Gasteiger partial charge in [-0.3, -0.25) is 0 Å². The average molecular weight is 349 g/mol. The highest BCUT2D eigenvalue weighted by molar-refractivity contribution is 7.89. The van der Waals surface area contributed by atoms with Gasteiger partial charge in [0.2, 0.25) is 10.0 Å². The number of para-hydroxylation sites is 2. The minimum atomic E-state index is -3.84. The number of halogens is 2. The molecule has 1 aromatic heterocycles. The van der Waals surface area contributed by atoms with Crippen molar-refractivity contribution in [3.63, 3.8) is 0 Å². The number of nitrogens with two attached hydrogens (primary N) is 1. The number of hydrogen-bond acceptors (Lipinski definition) is 3. The van der Waals surface area contributed by atoms with Crippen molar-refractivity contribution in [3.8, 4) is 0 Å². The Hall–Kier alpha value is -2.32. The molecule has 8 heteroatoms. The Kier molecular flexibility index (Phi) is 3.07. The number of benzene rings is 2. The van der Waals surface area contributed by atoms with Gasteiger partial charge < -0.3 is 4.98 Å². The van der Waals surface area contributed by atoms with E-state index in [4.69, 9.17) is 5.14 Å². The summed E-state index contributed by atoms with van der Waals surface area (Å²) in [6, 6.07) is 12.4. The van der Waals surface area contributed by atoms with E-state index in [-0.39, 0.29) is 10.7 Å². The van der Waals surface area contributed by atoms with Crippen LogP contribution in [0.3, 0.4) is 0 Å². The highest BCUT2D eigenvalue weighted by Crippen LogP contribution is 2.66. The SMILES string of the molecule is NS(=O)(=O)c1ccc([C@H]2[C@H](c3nc4ccccc4[nH]3)C2(F)F)cc1. The van der Waals surface area contributed by atoms with Gasteiger partial charge in [0.1, 0.15) is 5.82 Å². The molecule has 1 aliphatic carbocycles. The molecule has 2 atom stereocenters. The number of rotatable bonds is 3. The third-order valence-corrected chi connectivity index (χ3v) is 5.25. The lowest BCUT2D eigenvalue weighted by Gasteiger charge is -2.01. The van der Waals surface area contributed by atoms with Crippen molar-refractivity contribution < 1.29 is 17.2 Å². The van der Waals surface area contributed by atoms with Crippen molar-refractivity contribution in [2.24, 2.45) is 5.14 Å². The number of alkyl halides is 2. The van der Waals surface area contributed by atoms with E-state index >= 15 is 0 Å². The zero-order valence-electron chi connectivity index (χ0n) is 12.3. The zero-order valence-corrected chi connectivity index (χ0v) is 13.1. The minimum Gasteiger partial charge on any atom is -0.342 e. The third-order valence-electron chi connectivity index (χ3n) is 4.32. The number of fused-ring (bicyclic) bond motifs is 1. The molecule has 1 aliphatic rings. The highest BCUT2D eigenvalue weighted by atomic mass is 32.2. The normalized spacial score (nSPS) is 22.6. The molecule has 24 heavy (non-hydrogen) atoms. The molecule has 0 amide bonds. The van der Waals surface area contributed by atoms with Crippen LogP contribution < -0.4 is 5.14 Å². The summed E-state index contributed by atoms with van der Waals surface area (Å²) >= 11 is 0. The number of nitrogens with zero attached hydrogens (tertiary/aromatic N) is 1. The lowest BCUT2D eigenvalue weighted by atomic mass is 10.1. The number of hydrogen-bond donors (Lipinski definition) is 2. The standard InChI is InChI=1S/C16H13F2N3O2S/c17-16(18)13(9-5-7-10(8-6-9)24(19,22)23)14(16)15-20-11-3-1-2-4-12(11)21-15/h1-8,13-14H,(H,20,21)(H2,19,22,23)/t13-,14+/m0/s1. The number of nitrogens with one attached hydrogen (secondary N) is 1. The van der Waals surface area contributed by atoms with E-state index in [0.29, 0.717) is 16.6 Å². The second-order valence-electron chi connectivity index (χ2n) is 5.88. The van der Waals surface area contributed by atoms with Gasteiger partial charge in [0.05, 0.1) is 27.8 Å². The van der Waals surface area contributed by atoms with Crippen molar-refractivity contribution >= 4 is 21.1 Å². The monoisotopic (exact) mass is 349 g/mol. The molecule has 0 aliphatic heterocycles. The molecule has 4 rings (SSSR count). The fraction of sp³-hybridized carbons (Fsp3) is 0.188. The van der Waals surface area contributed by atoms with Gasteiger partial charge in [0.25, 0.3) is 5.92 Å². The molecular formula is C16H13F2N3O2S. The molecule has 1 heterocycles. The largest absolute Gasteiger partial charge is 0.342 e. The van der Waals surface area contributed by atoms with Crippen LogP contribution in [-0.2, 0) is 10.0 Å². The number of primary sulfonamides is 1. The van der Waals surface area contributed by atoms with Gasteiger partial charge in [-0.25, -0.2) is 27.3 Å². The third kappa shape index (κ3) is 2.30. The number of H-pyrrole nitrogens is 1. The molecule has 1 saturated carbocycles. The molecule has 0 spiro atoms. The van der Waals surface area contributed by atoms with Crippen molar-refractivity contribution in [1.29, 1.82) is 0 Å². The van der Waals surface area contributed by atoms with Crippen LogP contribution in [0.5, 0.6) is 0 Å². The van der Waals surface area contributed by atoms with E-state index in [1.165, 1.54) is 24.3 Å². The molecule has 3 N–H and O–H groups in total. The zero-order chi connectivity index (χ0) is 17.1. The predicted molar refractivity (Wildman–Crippen MR) is 84.3 cm³/mol. The molecule has 124 valence electrons. The van der Waals surface area contributed by atoms with Crippen LogP contribution in [0.25, 0.3) is 11.0 Å². The van der Waals surface area contributed by atoms with Crippen LogP contribution in [0.1, 0.15) is 23.2 Å². The molecule has 1 fully saturated rings. The van der Waals surface area contributed by atoms with E-state index in [2.05, 4.69) is 9.97 Å². The van der Waals surface area contributed by atoms with Gasteiger partial charge in [-0.1, -0.05) is 24.3 Å². The maximum absolute atomic E-state index is 14.3. The minimum absolute atomic E-state index is 0.101. The maximum Gasteiger partial charge on any atom is 0.266 e. The Labute approximate surface area is 136 Å². The van der Waals surface area contributed by atoms with Crippen LogP contribution in [-0.4, -0.2) is 24.3 Å². The van der Waals surface area contributed by atoms with Crippen LogP contribution in [0.15, 0.2) is 53.4 Å². The summed E-state index contributed by atoms with van der Waals surface area (Å²) in [6.07, 6.45) is 0. The summed E-state index contributed by atoms with van der Waals surface area (Å²) < 4.78 is 51.1. The molecule has 0 radical (unpaired) electrons. The summed E-state index contributed by atoms with van der Waals surface area (Å²) in [7, 11) is -3.84. The van der Waals surface area contributed by atoms with E-state index in [0.717, 1.165) is 0 Å². The van der Waals surface area contributed by atoms with Gasteiger partial charge in [0, 0.05) is 0 Å². The van der Waals surface area contributed by atoms with E-state index in [9.17, 15) is 17.2 Å². The summed E-state index contributed by atoms with van der Waals surface area (Å²) in [6.45, 7) is 0. The molecule has 0 saturated heterocycles. The summed E-state index contributed by atoms with van der Waals surface area (Å²) in [5.41, 5.74) is 1.70. The van der Waals surface area contributed by atoms with Gasteiger partial charge in [-0.2, -0.15) is 0 Å². The van der Waals surface area contributed by atoms with Gasteiger partial charge in [-0.15, -0.1) is 0 Å². The van der Waals surface area contributed by atoms with Gasteiger partial charge in [0.15, 0.2) is 0 Å². The Bertz CT molecular complexity index is 996. The quantitative estimate of drug-likeness (QED) is 0.762. The van der Waals surface area contributed by atoms with Crippen LogP contribution in [0.2, 0.25) is 0 Å². The van der Waals surface area contributed by atoms with Gasteiger partial charge in [-0.05, 0) is 29.8 Å². The fourth-order valence-electron chi connectivity index (χ4n) is 3.07. The highest BCUT2D eigenvalue weighted by Gasteiger charge is 2.70. The first-order chi connectivity index (χ1) is 11.3. The first-order valence-corrected chi connectivity index (χ1v) is 8.78. The van der Waals surface area contributed by atoms with Crippen molar-refractivity contribution in [1.82, 2.24) is 9.97 Å². The van der Waals surface area contributed by atoms with Crippen LogP contribution in [0, 0.1) is 0 Å². The van der Waals surface area contributed by atoms with E-state index < -0.39 is 27.8 Å². The molecule has 3 aromatic rings. The van der Waals surface area contributed by atoms with Gasteiger partial charge >= 0.3 is 0 Å². The van der Waals surface area contributed by atoms with E-state index in [1.807, 2.05) is 0 Å². The predicted octanol–water partition coefficient (Wildman–Crippen LogP) is 2.73. The fourth-order valence-corrected chi connectivity index (χ4v) is 3.58. The summed E-state index contributed by atoms with van der Waals surface area (Å²) in [5, 5.41) is 5.02. The number of sulfonamides is 1. The number of aromatic nitrogens is 2. The molecule has 2 aromatic carbocycles. The second kappa shape index (κ2) is 4.84. The van der Waals surface area contributed by atoms with Crippen molar-refractivity contribution in [2.75, 3.05) is 0 Å². The Balaban J connectivity index is 1.69. The van der Waals surface area contributed by atoms with Crippen LogP contribution >= 0.6 is 0 Å². The first-order valence-electron chi connectivity index (χ1n) is 7.24. The Morgan fingerprint density at radius 2 is 1.71 bits per heavy atom. The second-order valence-corrected chi connectivity index (χ2v) is 7.44. The number of aromatic amines is 1. The molecule has 0 bridgehead atoms. The maximum atomic E-state index is 14.3. The lowest BCUT2D eigenvalue weighted by Crippen LogP contribution is -2.11. The first kappa shape index (κ1) is 15.2.